The van der Waals surface area contributed by atoms with Crippen molar-refractivity contribution in [2.75, 3.05) is 53.0 Å². The van der Waals surface area contributed by atoms with Crippen LogP contribution in [-0.2, 0) is 25.6 Å². The Morgan fingerprint density at radius 2 is 1.56 bits per heavy atom. The molecule has 2 aromatic rings. The molecule has 302 valence electrons. The van der Waals surface area contributed by atoms with E-state index in [2.05, 4.69) is 28.2 Å². The third-order valence-corrected chi connectivity index (χ3v) is 9.46. The van der Waals surface area contributed by atoms with Crippen LogP contribution in [0, 0.1) is 11.3 Å². The number of aliphatic hydroxyl groups excluding tert-OH is 1. The number of amides is 4. The number of nitrogens with zero attached hydrogens (tertiary/aromatic N) is 2. The highest BCUT2D eigenvalue weighted by Gasteiger charge is 2.35. The normalized spacial score (nSPS) is 17.5. The van der Waals surface area contributed by atoms with Gasteiger partial charge in [-0.1, -0.05) is 64.0 Å². The lowest BCUT2D eigenvalue weighted by molar-refractivity contribution is -0.142. The van der Waals surface area contributed by atoms with Gasteiger partial charge in [-0.15, -0.1) is 0 Å². The fourth-order valence-electron chi connectivity index (χ4n) is 6.47. The minimum absolute atomic E-state index is 0.0425. The summed E-state index contributed by atoms with van der Waals surface area (Å²) in [6.45, 7) is 4.25. The van der Waals surface area contributed by atoms with E-state index in [-0.39, 0.29) is 39.3 Å². The average Bonchev–Trinajstić information content (AvgIpc) is 3.18. The van der Waals surface area contributed by atoms with Gasteiger partial charge in [0.1, 0.15) is 55.4 Å². The van der Waals surface area contributed by atoms with Gasteiger partial charge in [-0.05, 0) is 55.3 Å². The number of carbonyl (C=O) groups excluding carboxylic acids is 4. The smallest absolute Gasteiger partial charge is 0.248 e. The minimum atomic E-state index is -1.27. The van der Waals surface area contributed by atoms with Crippen LogP contribution in [0.25, 0.3) is 11.1 Å². The van der Waals surface area contributed by atoms with Crippen LogP contribution in [0.2, 0.25) is 0 Å². The first-order valence-electron chi connectivity index (χ1n) is 19.4. The number of hydrogen-bond acceptors (Lipinski definition) is 11. The lowest BCUT2D eigenvalue weighted by Gasteiger charge is -2.32. The Hall–Kier alpha value is -4.75. The summed E-state index contributed by atoms with van der Waals surface area (Å²) in [7, 11) is 1.48. The van der Waals surface area contributed by atoms with Crippen molar-refractivity contribution >= 4 is 23.6 Å². The number of hydrogen-bond donors (Lipinski definition) is 7. The number of ether oxygens (including phenoxy) is 2. The predicted octanol–water partition coefficient (Wildman–Crippen LogP) is 1.80. The predicted molar refractivity (Wildman–Crippen MR) is 210 cm³/mol. The van der Waals surface area contributed by atoms with Crippen LogP contribution >= 0.6 is 0 Å². The van der Waals surface area contributed by atoms with Gasteiger partial charge in [-0.25, -0.2) is 0 Å². The number of unbranched alkanes of at least 4 members (excludes halogenated alkanes) is 7. The first-order chi connectivity index (χ1) is 26.6. The Bertz CT molecular complexity index is 1600. The summed E-state index contributed by atoms with van der Waals surface area (Å²) in [6, 6.07) is 7.75. The molecule has 0 saturated carbocycles. The Labute approximate surface area is 324 Å². The topological polar surface area (TPSA) is 234 Å². The molecule has 4 bridgehead atoms. The van der Waals surface area contributed by atoms with Crippen LogP contribution in [0.15, 0.2) is 36.4 Å². The summed E-state index contributed by atoms with van der Waals surface area (Å²) in [5.41, 5.74) is 13.7. The van der Waals surface area contributed by atoms with E-state index in [9.17, 15) is 24.3 Å². The summed E-state index contributed by atoms with van der Waals surface area (Å²) < 4.78 is 12.1. The molecule has 4 atom stereocenters. The van der Waals surface area contributed by atoms with Crippen molar-refractivity contribution in [3.05, 3.63) is 47.5 Å². The van der Waals surface area contributed by atoms with E-state index >= 15 is 0 Å². The number of nitrogens with two attached hydrogens (primary N) is 2. The van der Waals surface area contributed by atoms with E-state index < -0.39 is 54.4 Å². The minimum Gasteiger partial charge on any atom is -0.492 e. The highest BCUT2D eigenvalue weighted by Crippen LogP contribution is 2.40. The van der Waals surface area contributed by atoms with Gasteiger partial charge in [-0.2, -0.15) is 5.26 Å². The number of nitriles is 1. The first-order valence-corrected chi connectivity index (χ1v) is 19.4. The van der Waals surface area contributed by atoms with Crippen LogP contribution in [0.1, 0.15) is 82.4 Å². The fraction of sp³-hybridized carbons (Fsp3) is 0.575. The zero-order valence-corrected chi connectivity index (χ0v) is 32.5. The molecule has 3 rings (SSSR count). The number of nitrogens with one attached hydrogen (secondary N) is 4. The molecule has 0 aliphatic carbocycles. The Kier molecular flexibility index (Phi) is 19.4. The second kappa shape index (κ2) is 23.9. The van der Waals surface area contributed by atoms with Gasteiger partial charge in [0.05, 0.1) is 12.7 Å². The average molecular weight is 765 g/mol. The largest absolute Gasteiger partial charge is 0.492 e. The number of benzene rings is 2. The molecule has 1 heterocycles. The van der Waals surface area contributed by atoms with E-state index in [0.717, 1.165) is 25.7 Å². The maximum atomic E-state index is 14.3. The summed E-state index contributed by atoms with van der Waals surface area (Å²) in [5, 5.41) is 30.5. The van der Waals surface area contributed by atoms with Crippen LogP contribution in [0.5, 0.6) is 11.5 Å². The van der Waals surface area contributed by atoms with Crippen LogP contribution in [0.3, 0.4) is 0 Å². The summed E-state index contributed by atoms with van der Waals surface area (Å²) in [5.74, 6) is -1.56. The molecule has 0 saturated heterocycles. The van der Waals surface area contributed by atoms with E-state index in [0.29, 0.717) is 40.3 Å². The molecule has 0 unspecified atom stereocenters. The zero-order valence-electron chi connectivity index (χ0n) is 32.5. The molecule has 0 aromatic heterocycles. The van der Waals surface area contributed by atoms with Crippen molar-refractivity contribution in [1.29, 1.82) is 5.26 Å². The van der Waals surface area contributed by atoms with E-state index in [1.165, 1.54) is 44.6 Å². The molecule has 1 aliphatic heterocycles. The number of likely N-dealkylation sites (N-methyl/N-ethyl adjacent to an activating group) is 1. The van der Waals surface area contributed by atoms with Crippen LogP contribution in [0.4, 0.5) is 0 Å². The maximum Gasteiger partial charge on any atom is 0.248 e. The van der Waals surface area contributed by atoms with Gasteiger partial charge < -0.3 is 52.2 Å². The molecular weight excluding hydrogens is 704 g/mol. The number of rotatable bonds is 21. The summed E-state index contributed by atoms with van der Waals surface area (Å²) in [6.07, 6.45) is 9.01. The van der Waals surface area contributed by atoms with Crippen molar-refractivity contribution in [2.24, 2.45) is 11.5 Å². The van der Waals surface area contributed by atoms with Crippen molar-refractivity contribution < 1.29 is 33.8 Å². The first kappa shape index (κ1) is 44.6. The molecule has 0 spiro atoms. The Balaban J connectivity index is 2.07. The summed E-state index contributed by atoms with van der Waals surface area (Å²) >= 11 is 0. The Morgan fingerprint density at radius 3 is 2.18 bits per heavy atom. The maximum absolute atomic E-state index is 14.3. The second-order valence-corrected chi connectivity index (χ2v) is 13.7. The van der Waals surface area contributed by atoms with E-state index in [1.807, 2.05) is 6.07 Å². The molecule has 4 amide bonds. The lowest BCUT2D eigenvalue weighted by atomic mass is 9.93. The highest BCUT2D eigenvalue weighted by molar-refractivity contribution is 5.95. The third-order valence-electron chi connectivity index (χ3n) is 9.46. The van der Waals surface area contributed by atoms with Gasteiger partial charge in [0.25, 0.3) is 0 Å². The zero-order chi connectivity index (χ0) is 40.2. The standard InChI is InChI=1S/C40H60N8O7/c1-4-5-6-7-8-9-10-11-19-44-33(26-49)40(53)48(3)36-29-13-15-35(55-22-18-43)31(25-29)30-23-28(12-14-34(30)54-21-17-42)24-32(38(51)45-20-16-41)47-37(50)27(2)46-39(36)52/h12-15,23,25,27,32-33,36,44,49H,4-11,17-22,24,26,42-43H2,1-3H3,(H,45,51)(H,46,52)(H,47,50)/t27-,32-,33-,36-/m0/s1. The van der Waals surface area contributed by atoms with Gasteiger partial charge in [-0.3, -0.25) is 19.2 Å². The molecule has 55 heavy (non-hydrogen) atoms. The second-order valence-electron chi connectivity index (χ2n) is 13.7. The van der Waals surface area contributed by atoms with Gasteiger partial charge in [0.15, 0.2) is 0 Å². The molecule has 9 N–H and O–H groups in total. The van der Waals surface area contributed by atoms with E-state index in [1.54, 1.807) is 36.4 Å². The summed E-state index contributed by atoms with van der Waals surface area (Å²) in [4.78, 5) is 56.3. The lowest BCUT2D eigenvalue weighted by Crippen LogP contribution is -2.56. The van der Waals surface area contributed by atoms with Crippen molar-refractivity contribution in [2.45, 2.75) is 95.8 Å². The van der Waals surface area contributed by atoms with Gasteiger partial charge in [0, 0.05) is 37.7 Å². The van der Waals surface area contributed by atoms with Crippen molar-refractivity contribution in [1.82, 2.24) is 26.2 Å². The van der Waals surface area contributed by atoms with Gasteiger partial charge >= 0.3 is 0 Å². The Morgan fingerprint density at radius 1 is 0.945 bits per heavy atom. The van der Waals surface area contributed by atoms with Crippen molar-refractivity contribution in [3.63, 3.8) is 0 Å². The highest BCUT2D eigenvalue weighted by atomic mass is 16.5. The van der Waals surface area contributed by atoms with Gasteiger partial charge in [0.2, 0.25) is 23.6 Å². The molecule has 1 aliphatic rings. The monoisotopic (exact) mass is 764 g/mol. The SMILES string of the molecule is CCCCCCCCCCN[C@@H](CO)C(=O)N(C)[C@@H]1C(=O)N[C@@H](C)C(=O)N[C@H](C(=O)NCC#N)Cc2ccc(OCCN)c(c2)-c2cc1ccc2OCCN. The number of fused-ring (bicyclic) bond motifs is 5. The molecule has 2 aromatic carbocycles. The molecule has 0 fully saturated rings. The molecule has 0 radical (unpaired) electrons. The fourth-order valence-corrected chi connectivity index (χ4v) is 6.47. The van der Waals surface area contributed by atoms with Crippen molar-refractivity contribution in [3.8, 4) is 28.7 Å². The number of aliphatic hydroxyl groups is 1. The molecule has 15 heteroatoms. The van der Waals surface area contributed by atoms with Crippen LogP contribution < -0.4 is 42.2 Å². The molecule has 15 nitrogen and oxygen atoms in total. The third kappa shape index (κ3) is 13.5. The van der Waals surface area contributed by atoms with Crippen LogP contribution in [-0.4, -0.2) is 105 Å². The molecular formula is C40H60N8O7. The number of carbonyl (C=O) groups is 4. The quantitative estimate of drug-likeness (QED) is 0.0716. The van der Waals surface area contributed by atoms with E-state index in [4.69, 9.17) is 26.2 Å².